The van der Waals surface area contributed by atoms with Gasteiger partial charge in [0.25, 0.3) is 0 Å². The van der Waals surface area contributed by atoms with Crippen LogP contribution in [0.4, 0.5) is 0 Å². The molecule has 7 nitrogen and oxygen atoms in total. The van der Waals surface area contributed by atoms with Crippen LogP contribution in [0.25, 0.3) is 0 Å². The maximum atomic E-state index is 12.6. The summed E-state index contributed by atoms with van der Waals surface area (Å²) < 4.78 is 11.2. The van der Waals surface area contributed by atoms with E-state index >= 15 is 0 Å². The second-order valence-electron chi connectivity index (χ2n) is 8.39. The van der Waals surface area contributed by atoms with E-state index in [0.717, 1.165) is 0 Å². The van der Waals surface area contributed by atoms with Crippen molar-refractivity contribution >= 4 is 11.8 Å². The number of nitrogens with zero attached hydrogens (tertiary/aromatic N) is 2. The van der Waals surface area contributed by atoms with E-state index in [1.54, 1.807) is 4.90 Å². The molecule has 2 amide bonds. The summed E-state index contributed by atoms with van der Waals surface area (Å²) in [5, 5.41) is 12.3. The van der Waals surface area contributed by atoms with E-state index in [0.29, 0.717) is 32.4 Å². The topological polar surface area (TPSA) is 91.7 Å². The van der Waals surface area contributed by atoms with Crippen molar-refractivity contribution in [2.75, 3.05) is 13.2 Å². The quantitative estimate of drug-likeness (QED) is 0.823. The number of nitrogens with one attached hydrogen (secondary N) is 1. The molecular weight excluding hydrogens is 322 g/mol. The molecule has 3 saturated heterocycles. The third kappa shape index (κ3) is 3.38. The SMILES string of the molecule is CC1(C)OC[C@H](CCNC(=O)C2CC(C#N)C3CC(C)(C)C(=O)N23)O1. The molecule has 3 rings (SSSR count). The van der Waals surface area contributed by atoms with E-state index in [2.05, 4.69) is 11.4 Å². The Morgan fingerprint density at radius 1 is 1.40 bits per heavy atom. The first-order chi connectivity index (χ1) is 11.6. The van der Waals surface area contributed by atoms with Gasteiger partial charge in [0.05, 0.1) is 24.7 Å². The van der Waals surface area contributed by atoms with Crippen molar-refractivity contribution < 1.29 is 19.1 Å². The second kappa shape index (κ2) is 6.26. The molecule has 3 unspecified atom stereocenters. The Labute approximate surface area is 148 Å². The monoisotopic (exact) mass is 349 g/mol. The molecule has 7 heteroatoms. The van der Waals surface area contributed by atoms with Crippen LogP contribution >= 0.6 is 0 Å². The molecule has 3 heterocycles. The van der Waals surface area contributed by atoms with Gasteiger partial charge in [-0.3, -0.25) is 9.59 Å². The molecule has 3 fully saturated rings. The highest BCUT2D eigenvalue weighted by Crippen LogP contribution is 2.45. The Balaban J connectivity index is 1.57. The molecule has 0 bridgehead atoms. The number of hydrogen-bond donors (Lipinski definition) is 1. The number of carbonyl (C=O) groups excluding carboxylic acids is 2. The molecule has 0 aromatic heterocycles. The normalized spacial score (nSPS) is 35.5. The zero-order valence-corrected chi connectivity index (χ0v) is 15.4. The van der Waals surface area contributed by atoms with Crippen LogP contribution in [0, 0.1) is 22.7 Å². The van der Waals surface area contributed by atoms with Crippen LogP contribution in [0.2, 0.25) is 0 Å². The van der Waals surface area contributed by atoms with Crippen LogP contribution < -0.4 is 5.32 Å². The number of nitriles is 1. The lowest BCUT2D eigenvalue weighted by atomic mass is 9.85. The fourth-order valence-corrected chi connectivity index (χ4v) is 4.18. The minimum Gasteiger partial charge on any atom is -0.354 e. The maximum Gasteiger partial charge on any atom is 0.242 e. The van der Waals surface area contributed by atoms with Gasteiger partial charge in [0, 0.05) is 18.0 Å². The van der Waals surface area contributed by atoms with Crippen molar-refractivity contribution in [1.82, 2.24) is 10.2 Å². The molecule has 3 aliphatic rings. The molecular formula is C18H27N3O4. The Morgan fingerprint density at radius 2 is 2.12 bits per heavy atom. The van der Waals surface area contributed by atoms with E-state index in [-0.39, 0.29) is 29.9 Å². The van der Waals surface area contributed by atoms with Crippen LogP contribution in [-0.2, 0) is 19.1 Å². The van der Waals surface area contributed by atoms with Gasteiger partial charge in [0.2, 0.25) is 11.8 Å². The predicted octanol–water partition coefficient (Wildman–Crippen LogP) is 1.18. The lowest BCUT2D eigenvalue weighted by Gasteiger charge is -2.25. The number of rotatable bonds is 4. The highest BCUT2D eigenvalue weighted by molar-refractivity contribution is 5.92. The number of fused-ring (bicyclic) bond motifs is 1. The summed E-state index contributed by atoms with van der Waals surface area (Å²) in [4.78, 5) is 26.9. The van der Waals surface area contributed by atoms with Crippen LogP contribution in [-0.4, -0.2) is 53.8 Å². The summed E-state index contributed by atoms with van der Waals surface area (Å²) in [5.41, 5.74) is -0.501. The lowest BCUT2D eigenvalue weighted by molar-refractivity contribution is -0.142. The number of carbonyl (C=O) groups is 2. The van der Waals surface area contributed by atoms with Gasteiger partial charge in [-0.15, -0.1) is 0 Å². The van der Waals surface area contributed by atoms with E-state index in [9.17, 15) is 14.9 Å². The smallest absolute Gasteiger partial charge is 0.242 e. The molecule has 1 N–H and O–H groups in total. The van der Waals surface area contributed by atoms with Crippen molar-refractivity contribution in [1.29, 1.82) is 5.26 Å². The van der Waals surface area contributed by atoms with Crippen molar-refractivity contribution in [3.8, 4) is 6.07 Å². The summed E-state index contributed by atoms with van der Waals surface area (Å²) in [6.07, 6.45) is 1.68. The average molecular weight is 349 g/mol. The molecule has 0 aliphatic carbocycles. The molecule has 0 spiro atoms. The van der Waals surface area contributed by atoms with Gasteiger partial charge in [0.15, 0.2) is 5.79 Å². The molecule has 138 valence electrons. The summed E-state index contributed by atoms with van der Waals surface area (Å²) in [6.45, 7) is 8.49. The highest BCUT2D eigenvalue weighted by Gasteiger charge is 2.56. The highest BCUT2D eigenvalue weighted by atomic mass is 16.7. The fraction of sp³-hybridized carbons (Fsp3) is 0.833. The molecule has 25 heavy (non-hydrogen) atoms. The maximum absolute atomic E-state index is 12.6. The van der Waals surface area contributed by atoms with Gasteiger partial charge in [-0.25, -0.2) is 0 Å². The fourth-order valence-electron chi connectivity index (χ4n) is 4.18. The minimum absolute atomic E-state index is 0.0234. The third-order valence-electron chi connectivity index (χ3n) is 5.47. The first-order valence-electron chi connectivity index (χ1n) is 8.96. The second-order valence-corrected chi connectivity index (χ2v) is 8.39. The van der Waals surface area contributed by atoms with Crippen LogP contribution in [0.5, 0.6) is 0 Å². The standard InChI is InChI=1S/C18H27N3O4/c1-17(2)8-14-11(9-19)7-13(21(14)16(17)23)15(22)20-6-5-12-10-24-18(3,4)25-12/h11-14H,5-8,10H2,1-4H3,(H,20,22)/t11?,12-,13?,14?/m0/s1. The Hall–Kier alpha value is -1.65. The predicted molar refractivity (Wildman–Crippen MR) is 89.1 cm³/mol. The van der Waals surface area contributed by atoms with Crippen LogP contribution in [0.15, 0.2) is 0 Å². The zero-order valence-electron chi connectivity index (χ0n) is 15.4. The number of amides is 2. The molecule has 0 saturated carbocycles. The third-order valence-corrected chi connectivity index (χ3v) is 5.47. The first kappa shape index (κ1) is 18.2. The van der Waals surface area contributed by atoms with Crippen molar-refractivity contribution in [2.45, 2.75) is 70.9 Å². The van der Waals surface area contributed by atoms with Gasteiger partial charge in [0.1, 0.15) is 6.04 Å². The molecule has 0 aromatic rings. The van der Waals surface area contributed by atoms with Crippen molar-refractivity contribution in [3.05, 3.63) is 0 Å². The largest absolute Gasteiger partial charge is 0.354 e. The van der Waals surface area contributed by atoms with Gasteiger partial charge < -0.3 is 19.7 Å². The van der Waals surface area contributed by atoms with Crippen LogP contribution in [0.3, 0.4) is 0 Å². The van der Waals surface area contributed by atoms with Gasteiger partial charge >= 0.3 is 0 Å². The first-order valence-corrected chi connectivity index (χ1v) is 8.96. The minimum atomic E-state index is -0.569. The molecule has 4 atom stereocenters. The van der Waals surface area contributed by atoms with Crippen molar-refractivity contribution in [2.24, 2.45) is 11.3 Å². The Bertz CT molecular complexity index is 610. The summed E-state index contributed by atoms with van der Waals surface area (Å²) in [5.74, 6) is -1.04. The lowest BCUT2D eigenvalue weighted by Crippen LogP contribution is -2.47. The number of hydrogen-bond acceptors (Lipinski definition) is 5. The van der Waals surface area contributed by atoms with E-state index in [1.165, 1.54) is 0 Å². The van der Waals surface area contributed by atoms with E-state index in [1.807, 2.05) is 27.7 Å². The number of ether oxygens (including phenoxy) is 2. The zero-order chi connectivity index (χ0) is 18.4. The molecule has 3 aliphatic heterocycles. The van der Waals surface area contributed by atoms with Crippen LogP contribution in [0.1, 0.15) is 47.0 Å². The van der Waals surface area contributed by atoms with Gasteiger partial charge in [-0.2, -0.15) is 5.26 Å². The Morgan fingerprint density at radius 3 is 2.72 bits per heavy atom. The Kier molecular flexibility index (Phi) is 4.54. The van der Waals surface area contributed by atoms with Gasteiger partial charge in [-0.05, 0) is 33.1 Å². The van der Waals surface area contributed by atoms with Gasteiger partial charge in [-0.1, -0.05) is 13.8 Å². The van der Waals surface area contributed by atoms with Crippen molar-refractivity contribution in [3.63, 3.8) is 0 Å². The summed E-state index contributed by atoms with van der Waals surface area (Å²) >= 11 is 0. The molecule has 0 radical (unpaired) electrons. The van der Waals surface area contributed by atoms with E-state index < -0.39 is 17.2 Å². The van der Waals surface area contributed by atoms with E-state index in [4.69, 9.17) is 9.47 Å². The summed E-state index contributed by atoms with van der Waals surface area (Å²) in [6, 6.07) is 1.59. The average Bonchev–Trinajstić information content (AvgIpc) is 3.12. The summed E-state index contributed by atoms with van der Waals surface area (Å²) in [7, 11) is 0. The molecule has 0 aromatic carbocycles.